The lowest BCUT2D eigenvalue weighted by Gasteiger charge is -2.25. The summed E-state index contributed by atoms with van der Waals surface area (Å²) >= 11 is 0. The molecule has 1 aromatic carbocycles. The van der Waals surface area contributed by atoms with Crippen molar-refractivity contribution in [2.75, 3.05) is 6.54 Å². The second-order valence-electron chi connectivity index (χ2n) is 6.22. The van der Waals surface area contributed by atoms with Crippen molar-refractivity contribution in [3.63, 3.8) is 0 Å². The first-order valence-corrected chi connectivity index (χ1v) is 9.92. The Morgan fingerprint density at radius 3 is 2.64 bits per heavy atom. The maximum atomic E-state index is 11.3. The molecule has 10 nitrogen and oxygen atoms in total. The summed E-state index contributed by atoms with van der Waals surface area (Å²) in [4.78, 5) is 8.92. The highest BCUT2D eigenvalue weighted by Crippen LogP contribution is 2.25. The zero-order valence-electron chi connectivity index (χ0n) is 14.7. The molecular formula is C17H18N7O3S+. The Hall–Kier alpha value is -3.12. The van der Waals surface area contributed by atoms with Crippen molar-refractivity contribution >= 4 is 28.0 Å². The molecule has 2 aromatic rings. The van der Waals surface area contributed by atoms with Crippen LogP contribution in [0.3, 0.4) is 0 Å². The number of hydrogen-bond acceptors (Lipinski definition) is 8. The number of nitrogens with one attached hydrogen (secondary N) is 1. The van der Waals surface area contributed by atoms with E-state index in [9.17, 15) is 8.42 Å². The molecule has 2 aliphatic heterocycles. The Labute approximate surface area is 161 Å². The first-order valence-electron chi connectivity index (χ1n) is 8.37. The summed E-state index contributed by atoms with van der Waals surface area (Å²) in [5.74, 6) is 1.89. The van der Waals surface area contributed by atoms with Crippen molar-refractivity contribution in [2.45, 2.75) is 11.3 Å². The van der Waals surface area contributed by atoms with Crippen LogP contribution in [-0.4, -0.2) is 37.7 Å². The Balaban J connectivity index is 1.46. The standard InChI is InChI=1S/C17H18N7O3S/c18-15-10-16-22-17(14-2-1-9-27-14)20-11-24(16,23-15)21-8-7-12-3-5-13(6-4-12)28(19,25)26/h1-6,9-11,21H,7-8H2,(H2,18,23)(H2,19,25,26)/q+1. The zero-order valence-corrected chi connectivity index (χ0v) is 15.5. The number of benzene rings is 1. The van der Waals surface area contributed by atoms with Gasteiger partial charge in [-0.25, -0.2) is 13.6 Å². The van der Waals surface area contributed by atoms with Crippen LogP contribution in [0, 0.1) is 0 Å². The highest BCUT2D eigenvalue weighted by atomic mass is 32.2. The van der Waals surface area contributed by atoms with E-state index in [1.807, 2.05) is 0 Å². The van der Waals surface area contributed by atoms with E-state index in [-0.39, 0.29) is 9.60 Å². The summed E-state index contributed by atoms with van der Waals surface area (Å²) in [5, 5.41) is 9.49. The van der Waals surface area contributed by atoms with Crippen LogP contribution in [0.15, 0.2) is 79.0 Å². The Bertz CT molecular complexity index is 1120. The van der Waals surface area contributed by atoms with Gasteiger partial charge in [-0.3, -0.25) is 0 Å². The Morgan fingerprint density at radius 1 is 1.18 bits per heavy atom. The molecule has 28 heavy (non-hydrogen) atoms. The van der Waals surface area contributed by atoms with E-state index in [1.165, 1.54) is 12.1 Å². The number of aliphatic imine (C=N–C) groups is 2. The lowest BCUT2D eigenvalue weighted by molar-refractivity contribution is -0.849. The van der Waals surface area contributed by atoms with Crippen LogP contribution < -0.4 is 16.3 Å². The summed E-state index contributed by atoms with van der Waals surface area (Å²) < 4.78 is 27.8. The van der Waals surface area contributed by atoms with Crippen LogP contribution in [0.25, 0.3) is 0 Å². The number of nitrogens with two attached hydrogens (primary N) is 2. The molecule has 0 aliphatic carbocycles. The molecule has 3 heterocycles. The number of amidine groups is 2. The van der Waals surface area contributed by atoms with Gasteiger partial charge in [-0.2, -0.15) is 9.98 Å². The molecule has 0 spiro atoms. The molecule has 1 aromatic heterocycles. The minimum Gasteiger partial charge on any atom is -0.461 e. The number of nitrogens with zero attached hydrogens (tertiary/aromatic N) is 4. The van der Waals surface area contributed by atoms with Gasteiger partial charge in [-0.15, -0.1) is 5.43 Å². The molecule has 5 N–H and O–H groups in total. The molecule has 144 valence electrons. The molecule has 0 amide bonds. The number of hydrogen-bond donors (Lipinski definition) is 3. The SMILES string of the molecule is NC1=N[N+]2(NCCc3ccc(S(N)(=O)=O)cc3)C=NC(c3ccco3)=NC2=C1. The number of primary sulfonamides is 1. The van der Waals surface area contributed by atoms with Crippen molar-refractivity contribution in [1.29, 1.82) is 0 Å². The van der Waals surface area contributed by atoms with Crippen molar-refractivity contribution < 1.29 is 17.5 Å². The van der Waals surface area contributed by atoms with Gasteiger partial charge >= 0.3 is 0 Å². The number of rotatable bonds is 6. The molecule has 0 saturated carbocycles. The van der Waals surface area contributed by atoms with Gasteiger partial charge in [-0.05, 0) is 46.1 Å². The number of quaternary nitrogens is 1. The quantitative estimate of drug-likeness (QED) is 0.600. The van der Waals surface area contributed by atoms with Crippen LogP contribution in [-0.2, 0) is 16.4 Å². The second-order valence-corrected chi connectivity index (χ2v) is 7.78. The third-order valence-electron chi connectivity index (χ3n) is 4.23. The summed E-state index contributed by atoms with van der Waals surface area (Å²) in [6, 6.07) is 9.94. The van der Waals surface area contributed by atoms with Crippen LogP contribution in [0.1, 0.15) is 11.3 Å². The van der Waals surface area contributed by atoms with Crippen LogP contribution in [0.4, 0.5) is 0 Å². The van der Waals surface area contributed by atoms with E-state index in [0.717, 1.165) is 5.56 Å². The number of fused-ring (bicyclic) bond motifs is 1. The van der Waals surface area contributed by atoms with E-state index in [2.05, 4.69) is 20.5 Å². The lowest BCUT2D eigenvalue weighted by atomic mass is 10.1. The van der Waals surface area contributed by atoms with Crippen molar-refractivity contribution in [3.8, 4) is 0 Å². The van der Waals surface area contributed by atoms with Gasteiger partial charge in [0, 0.05) is 0 Å². The minimum atomic E-state index is -3.70. The Morgan fingerprint density at radius 2 is 1.96 bits per heavy atom. The van der Waals surface area contributed by atoms with E-state index in [1.54, 1.807) is 42.9 Å². The van der Waals surface area contributed by atoms with Gasteiger partial charge in [0.1, 0.15) is 0 Å². The fourth-order valence-electron chi connectivity index (χ4n) is 2.86. The third kappa shape index (κ3) is 3.51. The maximum absolute atomic E-state index is 11.3. The van der Waals surface area contributed by atoms with Gasteiger partial charge in [-0.1, -0.05) is 12.1 Å². The predicted octanol–water partition coefficient (Wildman–Crippen LogP) is 0.407. The lowest BCUT2D eigenvalue weighted by Crippen LogP contribution is -2.52. The van der Waals surface area contributed by atoms with E-state index >= 15 is 0 Å². The average Bonchev–Trinajstić information content (AvgIpc) is 3.28. The highest BCUT2D eigenvalue weighted by Gasteiger charge is 2.41. The second kappa shape index (κ2) is 6.80. The molecule has 2 aliphatic rings. The van der Waals surface area contributed by atoms with Crippen molar-refractivity contribution in [3.05, 3.63) is 65.9 Å². The average molecular weight is 400 g/mol. The van der Waals surface area contributed by atoms with Crippen LogP contribution >= 0.6 is 0 Å². The summed E-state index contributed by atoms with van der Waals surface area (Å²) in [6.07, 6.45) is 5.44. The van der Waals surface area contributed by atoms with E-state index in [0.29, 0.717) is 36.2 Å². The van der Waals surface area contributed by atoms with Gasteiger partial charge < -0.3 is 10.2 Å². The number of sulfonamides is 1. The van der Waals surface area contributed by atoms with Gasteiger partial charge in [0.2, 0.25) is 22.2 Å². The summed E-state index contributed by atoms with van der Waals surface area (Å²) in [5.41, 5.74) is 10.1. The summed E-state index contributed by atoms with van der Waals surface area (Å²) in [6.45, 7) is 0.514. The van der Waals surface area contributed by atoms with E-state index in [4.69, 9.17) is 15.3 Å². The van der Waals surface area contributed by atoms with E-state index < -0.39 is 10.0 Å². The first-order chi connectivity index (χ1) is 13.4. The van der Waals surface area contributed by atoms with Gasteiger partial charge in [0.25, 0.3) is 5.82 Å². The molecule has 0 saturated heterocycles. The monoisotopic (exact) mass is 400 g/mol. The molecule has 0 fully saturated rings. The predicted molar refractivity (Wildman–Crippen MR) is 103 cm³/mol. The molecular weight excluding hydrogens is 382 g/mol. The van der Waals surface area contributed by atoms with Crippen LogP contribution in [0.2, 0.25) is 0 Å². The largest absolute Gasteiger partial charge is 0.461 e. The normalized spacial score (nSPS) is 21.1. The molecule has 4 rings (SSSR count). The summed E-state index contributed by atoms with van der Waals surface area (Å²) in [7, 11) is -3.70. The fourth-order valence-corrected chi connectivity index (χ4v) is 3.38. The Kier molecular flexibility index (Phi) is 4.43. The molecule has 1 atom stereocenters. The minimum absolute atomic E-state index is 0.0798. The maximum Gasteiger partial charge on any atom is 0.286 e. The zero-order chi connectivity index (χ0) is 19.8. The fraction of sp³-hybridized carbons (Fsp3) is 0.118. The first kappa shape index (κ1) is 18.3. The molecule has 1 unspecified atom stereocenters. The van der Waals surface area contributed by atoms with Crippen molar-refractivity contribution in [2.24, 2.45) is 26.0 Å². The van der Waals surface area contributed by atoms with Crippen LogP contribution in [0.5, 0.6) is 0 Å². The molecule has 0 radical (unpaired) electrons. The van der Waals surface area contributed by atoms with Gasteiger partial charge in [0.05, 0.1) is 23.8 Å². The molecule has 0 bridgehead atoms. The smallest absolute Gasteiger partial charge is 0.286 e. The third-order valence-corrected chi connectivity index (χ3v) is 5.16. The topological polar surface area (TPSA) is 148 Å². The van der Waals surface area contributed by atoms with Crippen molar-refractivity contribution in [1.82, 2.24) is 5.43 Å². The van der Waals surface area contributed by atoms with Gasteiger partial charge in [0.15, 0.2) is 11.6 Å². The number of furan rings is 1. The highest BCUT2D eigenvalue weighted by molar-refractivity contribution is 7.89. The molecule has 11 heteroatoms.